The summed E-state index contributed by atoms with van der Waals surface area (Å²) in [5, 5.41) is 11.7. The summed E-state index contributed by atoms with van der Waals surface area (Å²) in [7, 11) is -3.64. The third-order valence-electron chi connectivity index (χ3n) is 3.50. The van der Waals surface area contributed by atoms with Gasteiger partial charge in [-0.25, -0.2) is 23.5 Å². The summed E-state index contributed by atoms with van der Waals surface area (Å²) in [6.07, 6.45) is 0.739. The summed E-state index contributed by atoms with van der Waals surface area (Å²) >= 11 is 0. The number of rotatable bonds is 8. The van der Waals surface area contributed by atoms with Crippen molar-refractivity contribution in [3.05, 3.63) is 41.7 Å². The van der Waals surface area contributed by atoms with Crippen molar-refractivity contribution in [3.63, 3.8) is 0 Å². The van der Waals surface area contributed by atoms with Gasteiger partial charge in [-0.15, -0.1) is 0 Å². The molecular formula is C17H25N5O2S. The normalized spacial score (nSPS) is 11.6. The number of anilines is 2. The molecule has 0 unspecified atom stereocenters. The van der Waals surface area contributed by atoms with Gasteiger partial charge in [-0.05, 0) is 37.0 Å². The molecular weight excluding hydrogens is 338 g/mol. The summed E-state index contributed by atoms with van der Waals surface area (Å²) in [5.74, 6) is 2.81. The first kappa shape index (κ1) is 19.1. The van der Waals surface area contributed by atoms with E-state index >= 15 is 0 Å². The van der Waals surface area contributed by atoms with Crippen molar-refractivity contribution in [2.24, 2.45) is 11.1 Å². The van der Waals surface area contributed by atoms with E-state index < -0.39 is 10.0 Å². The van der Waals surface area contributed by atoms with Crippen molar-refractivity contribution in [2.45, 2.75) is 32.1 Å². The van der Waals surface area contributed by atoms with Crippen LogP contribution in [0.2, 0.25) is 0 Å². The van der Waals surface area contributed by atoms with Gasteiger partial charge in [0.25, 0.3) is 0 Å². The van der Waals surface area contributed by atoms with Gasteiger partial charge in [0.2, 0.25) is 10.0 Å². The zero-order valence-corrected chi connectivity index (χ0v) is 15.6. The fourth-order valence-electron chi connectivity index (χ4n) is 2.24. The molecule has 0 saturated carbocycles. The molecule has 1 aromatic heterocycles. The molecule has 2 rings (SSSR count). The molecule has 0 aliphatic carbocycles. The highest BCUT2D eigenvalue weighted by molar-refractivity contribution is 7.89. The Kier molecular flexibility index (Phi) is 6.33. The van der Waals surface area contributed by atoms with Gasteiger partial charge in [0.05, 0.1) is 4.90 Å². The highest BCUT2D eigenvalue weighted by atomic mass is 32.2. The minimum atomic E-state index is -3.64. The predicted molar refractivity (Wildman–Crippen MR) is 100 cm³/mol. The number of sulfonamides is 1. The molecule has 0 bridgehead atoms. The van der Waals surface area contributed by atoms with Crippen LogP contribution < -0.4 is 15.8 Å². The molecule has 7 nitrogen and oxygen atoms in total. The Morgan fingerprint density at radius 3 is 2.24 bits per heavy atom. The smallest absolute Gasteiger partial charge is 0.238 e. The summed E-state index contributed by atoms with van der Waals surface area (Å²) in [4.78, 5) is 8.88. The second-order valence-corrected chi connectivity index (χ2v) is 7.89. The van der Waals surface area contributed by atoms with Gasteiger partial charge >= 0.3 is 0 Å². The van der Waals surface area contributed by atoms with E-state index in [0.29, 0.717) is 18.3 Å². The molecule has 8 heteroatoms. The number of hydrogen-bond donors (Lipinski definition) is 3. The summed E-state index contributed by atoms with van der Waals surface area (Å²) in [6.45, 7) is 7.67. The number of aromatic nitrogens is 2. The van der Waals surface area contributed by atoms with Gasteiger partial charge in [0.15, 0.2) is 0 Å². The lowest BCUT2D eigenvalue weighted by atomic mass is 10.1. The lowest BCUT2D eigenvalue weighted by Gasteiger charge is -2.11. The monoisotopic (exact) mass is 363 g/mol. The van der Waals surface area contributed by atoms with E-state index in [1.165, 1.54) is 12.1 Å². The second-order valence-electron chi connectivity index (χ2n) is 6.33. The molecule has 0 radical (unpaired) electrons. The highest BCUT2D eigenvalue weighted by Crippen LogP contribution is 2.13. The Morgan fingerprint density at radius 1 is 1.08 bits per heavy atom. The van der Waals surface area contributed by atoms with E-state index in [9.17, 15) is 8.42 Å². The predicted octanol–water partition coefficient (Wildman–Crippen LogP) is 2.15. The maximum Gasteiger partial charge on any atom is 0.238 e. The molecule has 1 heterocycles. The Balaban J connectivity index is 1.93. The topological polar surface area (TPSA) is 110 Å². The number of aryl methyl sites for hydroxylation is 1. The summed E-state index contributed by atoms with van der Waals surface area (Å²) < 4.78 is 22.5. The zero-order valence-electron chi connectivity index (χ0n) is 14.8. The van der Waals surface area contributed by atoms with Crippen molar-refractivity contribution in [3.8, 4) is 0 Å². The van der Waals surface area contributed by atoms with E-state index in [0.717, 1.165) is 30.2 Å². The Labute approximate surface area is 149 Å². The van der Waals surface area contributed by atoms with E-state index in [-0.39, 0.29) is 4.90 Å². The van der Waals surface area contributed by atoms with Gasteiger partial charge in [0, 0.05) is 19.2 Å². The number of nitrogens with zero attached hydrogens (tertiary/aromatic N) is 2. The van der Waals surface area contributed by atoms with Crippen molar-refractivity contribution in [1.29, 1.82) is 0 Å². The summed E-state index contributed by atoms with van der Waals surface area (Å²) in [6, 6.07) is 8.46. The molecule has 0 amide bonds. The summed E-state index contributed by atoms with van der Waals surface area (Å²) in [5.41, 5.74) is 1.02. The quantitative estimate of drug-likeness (QED) is 0.663. The fraction of sp³-hybridized carbons (Fsp3) is 0.412. The van der Waals surface area contributed by atoms with Gasteiger partial charge in [-0.1, -0.05) is 26.0 Å². The first-order valence-corrected chi connectivity index (χ1v) is 9.74. The fourth-order valence-corrected chi connectivity index (χ4v) is 2.75. The molecule has 0 fully saturated rings. The standard InChI is InChI=1S/C17H25N5O2S/c1-12(2)11-20-17-10-16(21-13(3)22-17)19-9-8-14-4-6-15(7-5-14)25(18,23)24/h4-7,10,12H,8-9,11H2,1-3H3,(H2,18,23,24)(H2,19,20,21,22). The minimum Gasteiger partial charge on any atom is -0.370 e. The molecule has 0 saturated heterocycles. The van der Waals surface area contributed by atoms with Gasteiger partial charge in [-0.2, -0.15) is 0 Å². The molecule has 0 spiro atoms. The molecule has 0 atom stereocenters. The molecule has 2 aromatic rings. The van der Waals surface area contributed by atoms with E-state index in [2.05, 4.69) is 34.4 Å². The van der Waals surface area contributed by atoms with Crippen molar-refractivity contribution >= 4 is 21.7 Å². The van der Waals surface area contributed by atoms with Crippen LogP contribution in [0.1, 0.15) is 25.2 Å². The lowest BCUT2D eigenvalue weighted by Crippen LogP contribution is -2.13. The molecule has 25 heavy (non-hydrogen) atoms. The van der Waals surface area contributed by atoms with Gasteiger partial charge in [-0.3, -0.25) is 0 Å². The second kappa shape index (κ2) is 8.26. The third-order valence-corrected chi connectivity index (χ3v) is 4.43. The number of nitrogens with one attached hydrogen (secondary N) is 2. The van der Waals surface area contributed by atoms with E-state index in [4.69, 9.17) is 5.14 Å². The van der Waals surface area contributed by atoms with Crippen LogP contribution in [0.15, 0.2) is 35.2 Å². The van der Waals surface area contributed by atoms with Crippen molar-refractivity contribution in [1.82, 2.24) is 9.97 Å². The van der Waals surface area contributed by atoms with Crippen LogP contribution in [0.3, 0.4) is 0 Å². The molecule has 4 N–H and O–H groups in total. The van der Waals surface area contributed by atoms with Crippen LogP contribution in [0.5, 0.6) is 0 Å². The number of hydrogen-bond acceptors (Lipinski definition) is 6. The molecule has 1 aromatic carbocycles. The Morgan fingerprint density at radius 2 is 1.68 bits per heavy atom. The first-order valence-electron chi connectivity index (χ1n) is 8.19. The van der Waals surface area contributed by atoms with Crippen molar-refractivity contribution in [2.75, 3.05) is 23.7 Å². The number of primary sulfonamides is 1. The average Bonchev–Trinajstić information content (AvgIpc) is 2.52. The Hall–Kier alpha value is -2.19. The Bertz CT molecular complexity index is 804. The highest BCUT2D eigenvalue weighted by Gasteiger charge is 2.07. The van der Waals surface area contributed by atoms with Crippen LogP contribution in [-0.4, -0.2) is 31.5 Å². The van der Waals surface area contributed by atoms with Gasteiger partial charge in [0.1, 0.15) is 17.5 Å². The number of nitrogens with two attached hydrogens (primary N) is 1. The van der Waals surface area contributed by atoms with Crippen molar-refractivity contribution < 1.29 is 8.42 Å². The first-order chi connectivity index (χ1) is 11.7. The minimum absolute atomic E-state index is 0.122. The van der Waals surface area contributed by atoms with E-state index in [1.54, 1.807) is 12.1 Å². The largest absolute Gasteiger partial charge is 0.370 e. The molecule has 0 aliphatic rings. The number of benzene rings is 1. The van der Waals surface area contributed by atoms with Crippen LogP contribution in [-0.2, 0) is 16.4 Å². The lowest BCUT2D eigenvalue weighted by molar-refractivity contribution is 0.598. The van der Waals surface area contributed by atoms with Crippen LogP contribution in [0.25, 0.3) is 0 Å². The van der Waals surface area contributed by atoms with Crippen LogP contribution in [0.4, 0.5) is 11.6 Å². The van der Waals surface area contributed by atoms with E-state index in [1.807, 2.05) is 13.0 Å². The SMILES string of the molecule is Cc1nc(NCCc2ccc(S(N)(=O)=O)cc2)cc(NCC(C)C)n1. The maximum absolute atomic E-state index is 11.2. The maximum atomic E-state index is 11.2. The molecule has 136 valence electrons. The van der Waals surface area contributed by atoms with Crippen LogP contribution in [0, 0.1) is 12.8 Å². The third kappa shape index (κ3) is 6.32. The average molecular weight is 363 g/mol. The van der Waals surface area contributed by atoms with Crippen LogP contribution >= 0.6 is 0 Å². The molecule has 0 aliphatic heterocycles. The zero-order chi connectivity index (χ0) is 18.4. The van der Waals surface area contributed by atoms with Gasteiger partial charge < -0.3 is 10.6 Å².